The second-order valence-electron chi connectivity index (χ2n) is 7.67. The predicted octanol–water partition coefficient (Wildman–Crippen LogP) is 2.08. The molecule has 2 aliphatic rings. The number of likely N-dealkylation sites (tertiary alicyclic amines) is 1. The summed E-state index contributed by atoms with van der Waals surface area (Å²) in [5, 5.41) is 3.58. The monoisotopic (exact) mass is 357 g/mol. The van der Waals surface area contributed by atoms with Crippen molar-refractivity contribution in [1.29, 1.82) is 0 Å². The van der Waals surface area contributed by atoms with Crippen LogP contribution in [-0.4, -0.2) is 87.1 Å². The van der Waals surface area contributed by atoms with Crippen LogP contribution in [0.15, 0.2) is 35.3 Å². The van der Waals surface area contributed by atoms with Gasteiger partial charge < -0.3 is 20.0 Å². The lowest BCUT2D eigenvalue weighted by Crippen LogP contribution is -2.44. The Morgan fingerprint density at radius 3 is 2.58 bits per heavy atom. The first-order valence-corrected chi connectivity index (χ1v) is 10.2. The van der Waals surface area contributed by atoms with Crippen molar-refractivity contribution < 1.29 is 0 Å². The molecule has 0 saturated carbocycles. The third kappa shape index (κ3) is 5.45. The molecular formula is C21H35N5. The SMILES string of the molecule is CN=C(NCCCCN1CCN(C)CC1)N1CCC(c2ccccc2)C1. The van der Waals surface area contributed by atoms with Crippen molar-refractivity contribution in [2.45, 2.75) is 25.2 Å². The first-order valence-electron chi connectivity index (χ1n) is 10.2. The van der Waals surface area contributed by atoms with E-state index in [9.17, 15) is 0 Å². The topological polar surface area (TPSA) is 34.1 Å². The molecule has 5 nitrogen and oxygen atoms in total. The van der Waals surface area contributed by atoms with Crippen molar-refractivity contribution in [1.82, 2.24) is 20.0 Å². The maximum atomic E-state index is 4.51. The smallest absolute Gasteiger partial charge is 0.193 e. The van der Waals surface area contributed by atoms with Crippen LogP contribution in [0.5, 0.6) is 0 Å². The third-order valence-electron chi connectivity index (χ3n) is 5.75. The van der Waals surface area contributed by atoms with Crippen LogP contribution < -0.4 is 5.32 Å². The second kappa shape index (κ2) is 9.93. The highest BCUT2D eigenvalue weighted by molar-refractivity contribution is 5.80. The molecule has 5 heteroatoms. The number of guanidine groups is 1. The van der Waals surface area contributed by atoms with E-state index in [1.54, 1.807) is 0 Å². The van der Waals surface area contributed by atoms with Gasteiger partial charge in [0.2, 0.25) is 0 Å². The molecule has 0 amide bonds. The standard InChI is InChI=1S/C21H35N5/c1-22-21(23-11-6-7-12-25-16-14-24(2)15-17-25)26-13-10-20(18-26)19-8-4-3-5-9-19/h3-5,8-9,20H,6-7,10-18H2,1-2H3,(H,22,23). The molecule has 144 valence electrons. The lowest BCUT2D eigenvalue weighted by molar-refractivity contribution is 0.152. The van der Waals surface area contributed by atoms with Gasteiger partial charge in [0, 0.05) is 58.8 Å². The number of nitrogens with one attached hydrogen (secondary N) is 1. The van der Waals surface area contributed by atoms with Crippen LogP contribution >= 0.6 is 0 Å². The van der Waals surface area contributed by atoms with E-state index < -0.39 is 0 Å². The number of nitrogens with zero attached hydrogens (tertiary/aromatic N) is 4. The Kier molecular flexibility index (Phi) is 7.32. The molecule has 0 aromatic heterocycles. The van der Waals surface area contributed by atoms with Gasteiger partial charge in [-0.2, -0.15) is 0 Å². The summed E-state index contributed by atoms with van der Waals surface area (Å²) in [7, 11) is 4.12. The normalized spacial score (nSPS) is 22.8. The molecule has 0 aliphatic carbocycles. The van der Waals surface area contributed by atoms with Gasteiger partial charge in [-0.15, -0.1) is 0 Å². The summed E-state index contributed by atoms with van der Waals surface area (Å²) in [5.41, 5.74) is 1.46. The Morgan fingerprint density at radius 2 is 1.85 bits per heavy atom. The van der Waals surface area contributed by atoms with Gasteiger partial charge >= 0.3 is 0 Å². The maximum absolute atomic E-state index is 4.51. The van der Waals surface area contributed by atoms with Crippen LogP contribution in [0.2, 0.25) is 0 Å². The zero-order valence-corrected chi connectivity index (χ0v) is 16.5. The maximum Gasteiger partial charge on any atom is 0.193 e. The van der Waals surface area contributed by atoms with Crippen molar-refractivity contribution in [3.05, 3.63) is 35.9 Å². The number of unbranched alkanes of at least 4 members (excludes halogenated alkanes) is 1. The van der Waals surface area contributed by atoms with Crippen LogP contribution in [0.1, 0.15) is 30.7 Å². The fourth-order valence-corrected chi connectivity index (χ4v) is 4.01. The molecule has 0 radical (unpaired) electrons. The molecule has 1 atom stereocenters. The molecule has 1 aromatic carbocycles. The average Bonchev–Trinajstić information content (AvgIpc) is 3.17. The molecule has 2 heterocycles. The van der Waals surface area contributed by atoms with Crippen LogP contribution in [0.4, 0.5) is 0 Å². The van der Waals surface area contributed by atoms with Gasteiger partial charge in [-0.3, -0.25) is 4.99 Å². The van der Waals surface area contributed by atoms with E-state index in [1.807, 2.05) is 7.05 Å². The van der Waals surface area contributed by atoms with Crippen molar-refractivity contribution in [3.63, 3.8) is 0 Å². The number of piperazine rings is 1. The molecule has 2 fully saturated rings. The summed E-state index contributed by atoms with van der Waals surface area (Å²) >= 11 is 0. The Hall–Kier alpha value is -1.59. The highest BCUT2D eigenvalue weighted by Crippen LogP contribution is 2.26. The summed E-state index contributed by atoms with van der Waals surface area (Å²) in [6, 6.07) is 10.9. The summed E-state index contributed by atoms with van der Waals surface area (Å²) < 4.78 is 0. The van der Waals surface area contributed by atoms with Crippen LogP contribution in [-0.2, 0) is 0 Å². The van der Waals surface area contributed by atoms with E-state index in [1.165, 1.54) is 57.5 Å². The van der Waals surface area contributed by atoms with E-state index in [-0.39, 0.29) is 0 Å². The lowest BCUT2D eigenvalue weighted by Gasteiger charge is -2.32. The van der Waals surface area contributed by atoms with Gasteiger partial charge in [0.1, 0.15) is 0 Å². The van der Waals surface area contributed by atoms with Gasteiger partial charge in [0.15, 0.2) is 5.96 Å². The lowest BCUT2D eigenvalue weighted by atomic mass is 9.99. The van der Waals surface area contributed by atoms with Crippen LogP contribution in [0.25, 0.3) is 0 Å². The van der Waals surface area contributed by atoms with E-state index in [4.69, 9.17) is 0 Å². The molecule has 1 unspecified atom stereocenters. The van der Waals surface area contributed by atoms with Gasteiger partial charge in [-0.25, -0.2) is 0 Å². The predicted molar refractivity (Wildman–Crippen MR) is 110 cm³/mol. The zero-order valence-electron chi connectivity index (χ0n) is 16.5. The number of hydrogen-bond donors (Lipinski definition) is 1. The molecule has 0 spiro atoms. The Morgan fingerprint density at radius 1 is 1.08 bits per heavy atom. The number of rotatable bonds is 6. The van der Waals surface area contributed by atoms with Crippen molar-refractivity contribution >= 4 is 5.96 Å². The minimum atomic E-state index is 0.631. The van der Waals surface area contributed by atoms with E-state index in [0.717, 1.165) is 25.6 Å². The number of aliphatic imine (C=N–C) groups is 1. The minimum absolute atomic E-state index is 0.631. The Balaban J connectivity index is 1.34. The second-order valence-corrected chi connectivity index (χ2v) is 7.67. The van der Waals surface area contributed by atoms with Crippen molar-refractivity contribution in [2.24, 2.45) is 4.99 Å². The van der Waals surface area contributed by atoms with Gasteiger partial charge in [-0.1, -0.05) is 30.3 Å². The summed E-state index contributed by atoms with van der Waals surface area (Å²) in [4.78, 5) is 11.9. The minimum Gasteiger partial charge on any atom is -0.356 e. The number of likely N-dealkylation sites (N-methyl/N-ethyl adjacent to an activating group) is 1. The first-order chi connectivity index (χ1) is 12.8. The molecule has 0 bridgehead atoms. The van der Waals surface area contributed by atoms with Crippen molar-refractivity contribution in [3.8, 4) is 0 Å². The number of benzene rings is 1. The third-order valence-corrected chi connectivity index (χ3v) is 5.75. The molecule has 26 heavy (non-hydrogen) atoms. The molecule has 1 N–H and O–H groups in total. The van der Waals surface area contributed by atoms with Gasteiger partial charge in [0.05, 0.1) is 0 Å². The highest BCUT2D eigenvalue weighted by Gasteiger charge is 2.25. The molecular weight excluding hydrogens is 322 g/mol. The molecule has 2 aliphatic heterocycles. The van der Waals surface area contributed by atoms with Crippen LogP contribution in [0.3, 0.4) is 0 Å². The zero-order chi connectivity index (χ0) is 18.2. The van der Waals surface area contributed by atoms with Crippen molar-refractivity contribution in [2.75, 3.05) is 66.5 Å². The summed E-state index contributed by atoms with van der Waals surface area (Å²) in [6.07, 6.45) is 3.69. The van der Waals surface area contributed by atoms with Gasteiger partial charge in [-0.05, 0) is 38.4 Å². The fraction of sp³-hybridized carbons (Fsp3) is 0.667. The molecule has 1 aromatic rings. The van der Waals surface area contributed by atoms with E-state index in [2.05, 4.69) is 62.4 Å². The van der Waals surface area contributed by atoms with Crippen LogP contribution in [0, 0.1) is 0 Å². The van der Waals surface area contributed by atoms with E-state index >= 15 is 0 Å². The molecule has 2 saturated heterocycles. The quantitative estimate of drug-likeness (QED) is 0.480. The first kappa shape index (κ1) is 19.2. The fourth-order valence-electron chi connectivity index (χ4n) is 4.01. The average molecular weight is 358 g/mol. The highest BCUT2D eigenvalue weighted by atomic mass is 15.3. The Bertz CT molecular complexity index is 551. The molecule has 3 rings (SSSR count). The summed E-state index contributed by atoms with van der Waals surface area (Å²) in [5.74, 6) is 1.70. The number of hydrogen-bond acceptors (Lipinski definition) is 3. The summed E-state index contributed by atoms with van der Waals surface area (Å²) in [6.45, 7) is 9.29. The Labute approximate surface area is 159 Å². The largest absolute Gasteiger partial charge is 0.356 e. The van der Waals surface area contributed by atoms with Gasteiger partial charge in [0.25, 0.3) is 0 Å². The van der Waals surface area contributed by atoms with E-state index in [0.29, 0.717) is 5.92 Å².